The summed E-state index contributed by atoms with van der Waals surface area (Å²) in [5.41, 5.74) is 5.52. The second-order valence-electron chi connectivity index (χ2n) is 5.31. The van der Waals surface area contributed by atoms with Gasteiger partial charge in [0.05, 0.1) is 0 Å². The van der Waals surface area contributed by atoms with Crippen molar-refractivity contribution in [3.63, 3.8) is 0 Å². The summed E-state index contributed by atoms with van der Waals surface area (Å²) in [6.07, 6.45) is 1.89. The highest BCUT2D eigenvalue weighted by Gasteiger charge is 2.60. The van der Waals surface area contributed by atoms with Crippen molar-refractivity contribution in [1.29, 1.82) is 0 Å². The van der Waals surface area contributed by atoms with Crippen LogP contribution in [0.1, 0.15) is 26.7 Å². The van der Waals surface area contributed by atoms with Crippen LogP contribution in [0.4, 0.5) is 0 Å². The minimum atomic E-state index is -0.622. The van der Waals surface area contributed by atoms with Crippen molar-refractivity contribution in [1.82, 2.24) is 5.32 Å². The highest BCUT2D eigenvalue weighted by Crippen LogP contribution is 2.52. The topological polar surface area (TPSA) is 58.3 Å². The normalized spacial score (nSPS) is 35.0. The van der Waals surface area contributed by atoms with E-state index in [1.807, 2.05) is 0 Å². The van der Waals surface area contributed by atoms with Gasteiger partial charge in [0, 0.05) is 18.6 Å². The number of β-amino-alcohol motifs (C(OH)–C–C–N with tert-alkyl or cyclic N) is 1. The van der Waals surface area contributed by atoms with Crippen molar-refractivity contribution < 1.29 is 5.11 Å². The summed E-state index contributed by atoms with van der Waals surface area (Å²) in [6, 6.07) is 0. The lowest BCUT2D eigenvalue weighted by Gasteiger charge is -2.61. The van der Waals surface area contributed by atoms with E-state index in [2.05, 4.69) is 19.2 Å². The lowest BCUT2D eigenvalue weighted by Crippen LogP contribution is -2.80. The number of hydrogen-bond acceptors (Lipinski definition) is 3. The Bertz CT molecular complexity index is 201. The maximum atomic E-state index is 10.0. The molecule has 0 spiro atoms. The predicted octanol–water partition coefficient (Wildman–Crippen LogP) is -0.162. The molecule has 1 saturated carbocycles. The van der Waals surface area contributed by atoms with Gasteiger partial charge >= 0.3 is 0 Å². The Labute approximate surface area is 73.3 Å². The van der Waals surface area contributed by atoms with Crippen LogP contribution in [0.5, 0.6) is 0 Å². The molecule has 2 rings (SSSR count). The van der Waals surface area contributed by atoms with E-state index in [0.29, 0.717) is 18.5 Å². The quantitative estimate of drug-likeness (QED) is 0.512. The number of nitrogens with two attached hydrogens (primary N) is 1. The molecular weight excluding hydrogens is 152 g/mol. The monoisotopic (exact) mass is 170 g/mol. The molecule has 0 aromatic rings. The number of aliphatic hydroxyl groups is 1. The van der Waals surface area contributed by atoms with E-state index < -0.39 is 5.60 Å². The van der Waals surface area contributed by atoms with Crippen LogP contribution >= 0.6 is 0 Å². The second kappa shape index (κ2) is 2.03. The molecule has 3 heteroatoms. The van der Waals surface area contributed by atoms with Crippen LogP contribution in [0, 0.1) is 5.41 Å². The highest BCUT2D eigenvalue weighted by atomic mass is 16.3. The van der Waals surface area contributed by atoms with E-state index in [0.717, 1.165) is 12.8 Å². The van der Waals surface area contributed by atoms with Gasteiger partial charge < -0.3 is 16.2 Å². The van der Waals surface area contributed by atoms with Crippen LogP contribution in [-0.2, 0) is 0 Å². The Morgan fingerprint density at radius 2 is 1.75 bits per heavy atom. The summed E-state index contributed by atoms with van der Waals surface area (Å²) < 4.78 is 0. The molecule has 0 atom stereocenters. The van der Waals surface area contributed by atoms with Crippen LogP contribution in [-0.4, -0.2) is 29.3 Å². The number of nitrogens with one attached hydrogen (secondary N) is 1. The Kier molecular flexibility index (Phi) is 1.43. The molecule has 12 heavy (non-hydrogen) atoms. The van der Waals surface area contributed by atoms with Crippen LogP contribution in [0.15, 0.2) is 0 Å². The standard InChI is InChI=1S/C9H18N2O/c1-7(2)3-8(10,4-7)9(12)5-11-6-9/h11-12H,3-6,10H2,1-2H3. The van der Waals surface area contributed by atoms with Crippen LogP contribution in [0.2, 0.25) is 0 Å². The highest BCUT2D eigenvalue weighted by molar-refractivity contribution is 5.19. The van der Waals surface area contributed by atoms with Crippen molar-refractivity contribution in [3.8, 4) is 0 Å². The minimum absolute atomic E-state index is 0.318. The lowest BCUT2D eigenvalue weighted by molar-refractivity contribution is -0.142. The van der Waals surface area contributed by atoms with Gasteiger partial charge in [0.1, 0.15) is 5.60 Å². The van der Waals surface area contributed by atoms with Crippen LogP contribution in [0.25, 0.3) is 0 Å². The van der Waals surface area contributed by atoms with Gasteiger partial charge in [-0.05, 0) is 18.3 Å². The largest absolute Gasteiger partial charge is 0.385 e. The summed E-state index contributed by atoms with van der Waals surface area (Å²) in [7, 11) is 0. The molecule has 1 aliphatic heterocycles. The third-order valence-electron chi connectivity index (χ3n) is 3.35. The minimum Gasteiger partial charge on any atom is -0.385 e. The third kappa shape index (κ3) is 0.934. The molecule has 0 unspecified atom stereocenters. The molecule has 0 aromatic heterocycles. The average Bonchev–Trinajstić information content (AvgIpc) is 1.77. The predicted molar refractivity (Wildman–Crippen MR) is 47.8 cm³/mol. The van der Waals surface area contributed by atoms with Crippen molar-refractivity contribution in [2.45, 2.75) is 37.8 Å². The fourth-order valence-corrected chi connectivity index (χ4v) is 2.70. The summed E-state index contributed by atoms with van der Waals surface area (Å²) in [4.78, 5) is 0. The molecular formula is C9H18N2O. The second-order valence-corrected chi connectivity index (χ2v) is 5.31. The van der Waals surface area contributed by atoms with E-state index in [9.17, 15) is 5.11 Å². The number of rotatable bonds is 1. The maximum absolute atomic E-state index is 10.0. The molecule has 2 fully saturated rings. The SMILES string of the molecule is CC1(C)CC(N)(C2(O)CNC2)C1. The van der Waals surface area contributed by atoms with E-state index in [1.54, 1.807) is 0 Å². The first-order valence-electron chi connectivity index (χ1n) is 4.59. The Balaban J connectivity index is 2.06. The van der Waals surface area contributed by atoms with E-state index >= 15 is 0 Å². The van der Waals surface area contributed by atoms with Crippen molar-refractivity contribution in [2.24, 2.45) is 11.1 Å². The van der Waals surface area contributed by atoms with E-state index in [4.69, 9.17) is 5.73 Å². The van der Waals surface area contributed by atoms with Gasteiger partial charge in [0.15, 0.2) is 0 Å². The first-order valence-corrected chi connectivity index (χ1v) is 4.59. The molecule has 3 nitrogen and oxygen atoms in total. The summed E-state index contributed by atoms with van der Waals surface area (Å²) in [5, 5.41) is 13.1. The first kappa shape index (κ1) is 8.48. The zero-order chi connectivity index (χ0) is 9.04. The fraction of sp³-hybridized carbons (Fsp3) is 1.00. The summed E-state index contributed by atoms with van der Waals surface area (Å²) >= 11 is 0. The molecule has 2 aliphatic rings. The molecule has 0 radical (unpaired) electrons. The van der Waals surface area contributed by atoms with Crippen molar-refractivity contribution >= 4 is 0 Å². The van der Waals surface area contributed by atoms with Gasteiger partial charge in [-0.1, -0.05) is 13.8 Å². The fourth-order valence-electron chi connectivity index (χ4n) is 2.70. The van der Waals surface area contributed by atoms with E-state index in [-0.39, 0.29) is 5.54 Å². The van der Waals surface area contributed by atoms with Gasteiger partial charge in [-0.15, -0.1) is 0 Å². The molecule has 0 aromatic carbocycles. The van der Waals surface area contributed by atoms with Crippen molar-refractivity contribution in [2.75, 3.05) is 13.1 Å². The zero-order valence-corrected chi connectivity index (χ0v) is 7.85. The zero-order valence-electron chi connectivity index (χ0n) is 7.85. The molecule has 1 saturated heterocycles. The smallest absolute Gasteiger partial charge is 0.107 e. The summed E-state index contributed by atoms with van der Waals surface area (Å²) in [6.45, 7) is 5.74. The molecule has 70 valence electrons. The maximum Gasteiger partial charge on any atom is 0.107 e. The Hall–Kier alpha value is -0.120. The van der Waals surface area contributed by atoms with Gasteiger partial charge in [0.2, 0.25) is 0 Å². The van der Waals surface area contributed by atoms with Crippen LogP contribution < -0.4 is 11.1 Å². The third-order valence-corrected chi connectivity index (χ3v) is 3.35. The molecule has 1 heterocycles. The van der Waals surface area contributed by atoms with Crippen molar-refractivity contribution in [3.05, 3.63) is 0 Å². The van der Waals surface area contributed by atoms with Gasteiger partial charge in [0.25, 0.3) is 0 Å². The van der Waals surface area contributed by atoms with Gasteiger partial charge in [-0.2, -0.15) is 0 Å². The molecule has 0 bridgehead atoms. The lowest BCUT2D eigenvalue weighted by atomic mass is 9.52. The van der Waals surface area contributed by atoms with Crippen LogP contribution in [0.3, 0.4) is 0 Å². The Morgan fingerprint density at radius 1 is 1.25 bits per heavy atom. The van der Waals surface area contributed by atoms with E-state index in [1.165, 1.54) is 0 Å². The van der Waals surface area contributed by atoms with Gasteiger partial charge in [-0.25, -0.2) is 0 Å². The molecule has 0 amide bonds. The summed E-state index contributed by atoms with van der Waals surface area (Å²) in [5.74, 6) is 0. The first-order chi connectivity index (χ1) is 5.37. The number of hydrogen-bond donors (Lipinski definition) is 3. The molecule has 4 N–H and O–H groups in total. The average molecular weight is 170 g/mol. The van der Waals surface area contributed by atoms with Gasteiger partial charge in [-0.3, -0.25) is 0 Å². The molecule has 1 aliphatic carbocycles. The Morgan fingerprint density at radius 3 is 2.00 bits per heavy atom.